The smallest absolute Gasteiger partial charge is 0.232 e. The highest BCUT2D eigenvalue weighted by atomic mass is 35.5. The molecule has 0 radical (unpaired) electrons. The first-order valence-corrected chi connectivity index (χ1v) is 8.97. The second-order valence-corrected chi connectivity index (χ2v) is 6.73. The van der Waals surface area contributed by atoms with Crippen LogP contribution in [0.15, 0.2) is 24.3 Å². The van der Waals surface area contributed by atoms with Crippen molar-refractivity contribution < 1.29 is 9.90 Å². The van der Waals surface area contributed by atoms with Gasteiger partial charge in [-0.2, -0.15) is 0 Å². The standard InChI is InChI=1S/C16H22ClNO2S/c17-15-7-2-1-5-13(15)11-21-12-16(20)18-9-4-3-6-14(18)8-10-19/h1-2,5,7,14,19H,3-4,6,8-12H2/t14-/m0/s1. The van der Waals surface area contributed by atoms with E-state index in [0.29, 0.717) is 12.2 Å². The highest BCUT2D eigenvalue weighted by Gasteiger charge is 2.25. The van der Waals surface area contributed by atoms with Gasteiger partial charge in [0.2, 0.25) is 5.91 Å². The molecule has 1 amide bonds. The summed E-state index contributed by atoms with van der Waals surface area (Å²) in [5.41, 5.74) is 1.07. The Balaban J connectivity index is 1.82. The van der Waals surface area contributed by atoms with E-state index in [-0.39, 0.29) is 18.6 Å². The molecule has 3 nitrogen and oxygen atoms in total. The number of halogens is 1. The van der Waals surface area contributed by atoms with Gasteiger partial charge in [0.15, 0.2) is 0 Å². The first kappa shape index (κ1) is 16.7. The van der Waals surface area contributed by atoms with Gasteiger partial charge in [0, 0.05) is 30.0 Å². The van der Waals surface area contributed by atoms with Crippen molar-refractivity contribution in [3.05, 3.63) is 34.9 Å². The molecule has 1 aliphatic heterocycles. The molecule has 5 heteroatoms. The van der Waals surface area contributed by atoms with Crippen LogP contribution in [0.25, 0.3) is 0 Å². The molecule has 21 heavy (non-hydrogen) atoms. The van der Waals surface area contributed by atoms with Crippen molar-refractivity contribution in [1.82, 2.24) is 4.90 Å². The Morgan fingerprint density at radius 3 is 2.95 bits per heavy atom. The summed E-state index contributed by atoms with van der Waals surface area (Å²) in [6, 6.07) is 7.97. The maximum absolute atomic E-state index is 12.3. The molecule has 0 unspecified atom stereocenters. The first-order valence-electron chi connectivity index (χ1n) is 7.44. The van der Waals surface area contributed by atoms with Crippen LogP contribution in [0.4, 0.5) is 0 Å². The fourth-order valence-corrected chi connectivity index (χ4v) is 3.92. The summed E-state index contributed by atoms with van der Waals surface area (Å²) < 4.78 is 0. The summed E-state index contributed by atoms with van der Waals surface area (Å²) in [5, 5.41) is 9.87. The van der Waals surface area contributed by atoms with Crippen LogP contribution < -0.4 is 0 Å². The third kappa shape index (κ3) is 4.90. The number of aliphatic hydroxyl groups excluding tert-OH is 1. The van der Waals surface area contributed by atoms with Gasteiger partial charge in [-0.25, -0.2) is 0 Å². The van der Waals surface area contributed by atoms with E-state index in [4.69, 9.17) is 16.7 Å². The molecular weight excluding hydrogens is 306 g/mol. The van der Waals surface area contributed by atoms with Gasteiger partial charge in [-0.05, 0) is 37.3 Å². The molecule has 0 saturated carbocycles. The van der Waals surface area contributed by atoms with Crippen molar-refractivity contribution in [2.75, 3.05) is 18.9 Å². The molecule has 1 fully saturated rings. The van der Waals surface area contributed by atoms with Gasteiger partial charge in [0.25, 0.3) is 0 Å². The molecule has 1 aromatic rings. The van der Waals surface area contributed by atoms with Crippen LogP contribution in [0.5, 0.6) is 0 Å². The van der Waals surface area contributed by atoms with Crippen LogP contribution in [0, 0.1) is 0 Å². The summed E-state index contributed by atoms with van der Waals surface area (Å²) in [6.45, 7) is 0.983. The average molecular weight is 328 g/mol. The molecule has 0 bridgehead atoms. The second kappa shape index (κ2) is 8.66. The van der Waals surface area contributed by atoms with Crippen molar-refractivity contribution in [2.24, 2.45) is 0 Å². The third-order valence-corrected chi connectivity index (χ3v) is 5.19. The Bertz CT molecular complexity index is 467. The summed E-state index contributed by atoms with van der Waals surface area (Å²) in [5.74, 6) is 1.42. The Labute approximate surface area is 135 Å². The topological polar surface area (TPSA) is 40.5 Å². The Morgan fingerprint density at radius 1 is 1.38 bits per heavy atom. The van der Waals surface area contributed by atoms with E-state index < -0.39 is 0 Å². The molecule has 0 spiro atoms. The molecule has 1 saturated heterocycles. The number of aliphatic hydroxyl groups is 1. The molecule has 1 atom stereocenters. The maximum atomic E-state index is 12.3. The Kier molecular flexibility index (Phi) is 6.87. The molecule has 1 aromatic carbocycles. The van der Waals surface area contributed by atoms with Crippen molar-refractivity contribution >= 4 is 29.3 Å². The lowest BCUT2D eigenvalue weighted by molar-refractivity contribution is -0.132. The summed E-state index contributed by atoms with van der Waals surface area (Å²) in [4.78, 5) is 14.3. The van der Waals surface area contributed by atoms with Gasteiger partial charge in [0.05, 0.1) is 5.75 Å². The van der Waals surface area contributed by atoms with Gasteiger partial charge in [-0.15, -0.1) is 11.8 Å². The van der Waals surface area contributed by atoms with Gasteiger partial charge in [0.1, 0.15) is 0 Å². The number of benzene rings is 1. The molecule has 116 valence electrons. The molecular formula is C16H22ClNO2S. The lowest BCUT2D eigenvalue weighted by Gasteiger charge is -2.35. The van der Waals surface area contributed by atoms with E-state index in [9.17, 15) is 4.79 Å². The Hall–Kier alpha value is -0.710. The molecule has 1 heterocycles. The van der Waals surface area contributed by atoms with Gasteiger partial charge in [-0.1, -0.05) is 29.8 Å². The lowest BCUT2D eigenvalue weighted by atomic mass is 10.00. The maximum Gasteiger partial charge on any atom is 0.232 e. The number of carbonyl (C=O) groups is 1. The third-order valence-electron chi connectivity index (χ3n) is 3.85. The summed E-state index contributed by atoms with van der Waals surface area (Å²) in [7, 11) is 0. The molecule has 1 aliphatic rings. The number of amides is 1. The second-order valence-electron chi connectivity index (χ2n) is 5.33. The van der Waals surface area contributed by atoms with Crippen LogP contribution in [0.1, 0.15) is 31.2 Å². The van der Waals surface area contributed by atoms with E-state index in [1.807, 2.05) is 29.2 Å². The molecule has 1 N–H and O–H groups in total. The van der Waals surface area contributed by atoms with Crippen LogP contribution >= 0.6 is 23.4 Å². The van der Waals surface area contributed by atoms with Crippen molar-refractivity contribution in [2.45, 2.75) is 37.5 Å². The summed E-state index contributed by atoms with van der Waals surface area (Å²) >= 11 is 7.72. The lowest BCUT2D eigenvalue weighted by Crippen LogP contribution is -2.45. The van der Waals surface area contributed by atoms with Crippen molar-refractivity contribution in [3.8, 4) is 0 Å². The normalized spacial score (nSPS) is 18.8. The minimum atomic E-state index is 0.154. The van der Waals surface area contributed by atoms with Crippen LogP contribution in [-0.2, 0) is 10.5 Å². The van der Waals surface area contributed by atoms with Crippen molar-refractivity contribution in [3.63, 3.8) is 0 Å². The zero-order valence-corrected chi connectivity index (χ0v) is 13.7. The number of likely N-dealkylation sites (tertiary alicyclic amines) is 1. The van der Waals surface area contributed by atoms with Gasteiger partial charge in [-0.3, -0.25) is 4.79 Å². The number of carbonyl (C=O) groups excluding carboxylic acids is 1. The number of nitrogens with zero attached hydrogens (tertiary/aromatic N) is 1. The van der Waals surface area contributed by atoms with E-state index in [1.165, 1.54) is 0 Å². The zero-order valence-electron chi connectivity index (χ0n) is 12.1. The molecule has 2 rings (SSSR count). The average Bonchev–Trinajstić information content (AvgIpc) is 2.50. The largest absolute Gasteiger partial charge is 0.396 e. The predicted molar refractivity (Wildman–Crippen MR) is 88.7 cm³/mol. The Morgan fingerprint density at radius 2 is 2.19 bits per heavy atom. The van der Waals surface area contributed by atoms with E-state index in [2.05, 4.69) is 0 Å². The van der Waals surface area contributed by atoms with Gasteiger partial charge >= 0.3 is 0 Å². The minimum Gasteiger partial charge on any atom is -0.396 e. The summed E-state index contributed by atoms with van der Waals surface area (Å²) in [6.07, 6.45) is 3.94. The van der Waals surface area contributed by atoms with Crippen LogP contribution in [-0.4, -0.2) is 40.9 Å². The molecule has 0 aliphatic carbocycles. The van der Waals surface area contributed by atoms with E-state index in [1.54, 1.807) is 11.8 Å². The quantitative estimate of drug-likeness (QED) is 0.871. The highest BCUT2D eigenvalue weighted by molar-refractivity contribution is 7.99. The fourth-order valence-electron chi connectivity index (χ4n) is 2.72. The van der Waals surface area contributed by atoms with Gasteiger partial charge < -0.3 is 10.0 Å². The number of rotatable bonds is 6. The highest BCUT2D eigenvalue weighted by Crippen LogP contribution is 2.23. The SMILES string of the molecule is O=C(CSCc1ccccc1Cl)N1CCCC[C@H]1CCO. The van der Waals surface area contributed by atoms with E-state index in [0.717, 1.165) is 42.1 Å². The van der Waals surface area contributed by atoms with E-state index >= 15 is 0 Å². The predicted octanol–water partition coefficient (Wildman–Crippen LogP) is 3.34. The first-order chi connectivity index (χ1) is 10.2. The number of hydrogen-bond donors (Lipinski definition) is 1. The monoisotopic (exact) mass is 327 g/mol. The number of hydrogen-bond acceptors (Lipinski definition) is 3. The number of thioether (sulfide) groups is 1. The zero-order chi connectivity index (χ0) is 15.1. The fraction of sp³-hybridized carbons (Fsp3) is 0.562. The minimum absolute atomic E-state index is 0.154. The van der Waals surface area contributed by atoms with Crippen LogP contribution in [0.3, 0.4) is 0 Å². The van der Waals surface area contributed by atoms with Crippen molar-refractivity contribution in [1.29, 1.82) is 0 Å². The van der Waals surface area contributed by atoms with Crippen LogP contribution in [0.2, 0.25) is 5.02 Å². The molecule has 0 aromatic heterocycles. The number of piperidine rings is 1.